The second-order valence-corrected chi connectivity index (χ2v) is 9.18. The Bertz CT molecular complexity index is 1340. The molecule has 0 aliphatic rings. The van der Waals surface area contributed by atoms with Crippen LogP contribution >= 0.6 is 11.7 Å². The molecule has 0 unspecified atom stereocenters. The molecule has 0 saturated carbocycles. The van der Waals surface area contributed by atoms with Gasteiger partial charge in [0, 0.05) is 11.8 Å². The number of carbonyl (C=O) groups is 1. The summed E-state index contributed by atoms with van der Waals surface area (Å²) in [6, 6.07) is 19.7. The molecule has 164 valence electrons. The van der Waals surface area contributed by atoms with Crippen LogP contribution in [0.1, 0.15) is 5.56 Å². The first-order valence-electron chi connectivity index (χ1n) is 9.69. The van der Waals surface area contributed by atoms with E-state index in [2.05, 4.69) is 18.8 Å². The molecule has 1 atom stereocenters. The minimum Gasteiger partial charge on any atom is -0.497 e. The first kappa shape index (κ1) is 21.9. The molecule has 2 N–H and O–H groups in total. The predicted octanol–water partition coefficient (Wildman–Crippen LogP) is 3.23. The Kier molecular flexibility index (Phi) is 6.45. The van der Waals surface area contributed by atoms with E-state index in [0.717, 1.165) is 17.3 Å². The fourth-order valence-electron chi connectivity index (χ4n) is 3.22. The van der Waals surface area contributed by atoms with Crippen LogP contribution < -0.4 is 14.8 Å². The molecule has 4 rings (SSSR count). The van der Waals surface area contributed by atoms with Gasteiger partial charge in [-0.25, -0.2) is 8.42 Å². The SMILES string of the molecule is COc1cccc(NC(=O)[C@@H](Cc2ccccc2)NS(=O)(=O)c2cccc3nsnc23)c1. The summed E-state index contributed by atoms with van der Waals surface area (Å²) in [6.45, 7) is 0. The highest BCUT2D eigenvalue weighted by Crippen LogP contribution is 2.22. The largest absolute Gasteiger partial charge is 0.497 e. The van der Waals surface area contributed by atoms with Gasteiger partial charge < -0.3 is 10.1 Å². The van der Waals surface area contributed by atoms with Crippen molar-refractivity contribution in [1.82, 2.24) is 13.5 Å². The molecule has 1 aromatic heterocycles. The van der Waals surface area contributed by atoms with Crippen LogP contribution in [0.25, 0.3) is 11.0 Å². The minimum absolute atomic E-state index is 0.0176. The van der Waals surface area contributed by atoms with E-state index in [1.165, 1.54) is 13.2 Å². The molecule has 8 nitrogen and oxygen atoms in total. The van der Waals surface area contributed by atoms with Crippen LogP contribution in [0.15, 0.2) is 77.7 Å². The zero-order valence-electron chi connectivity index (χ0n) is 17.1. The number of fused-ring (bicyclic) bond motifs is 1. The number of hydrogen-bond acceptors (Lipinski definition) is 7. The van der Waals surface area contributed by atoms with E-state index in [9.17, 15) is 13.2 Å². The summed E-state index contributed by atoms with van der Waals surface area (Å²) in [6.07, 6.45) is 0.168. The molecule has 0 bridgehead atoms. The second-order valence-electron chi connectivity index (χ2n) is 6.97. The summed E-state index contributed by atoms with van der Waals surface area (Å²) in [5.74, 6) is 0.0833. The van der Waals surface area contributed by atoms with Crippen LogP contribution in [0.3, 0.4) is 0 Å². The number of hydrogen-bond donors (Lipinski definition) is 2. The van der Waals surface area contributed by atoms with Crippen molar-refractivity contribution < 1.29 is 17.9 Å². The number of methoxy groups -OCH3 is 1. The average molecular weight is 469 g/mol. The lowest BCUT2D eigenvalue weighted by Gasteiger charge is -2.19. The van der Waals surface area contributed by atoms with Crippen LogP contribution in [0, 0.1) is 0 Å². The van der Waals surface area contributed by atoms with E-state index in [-0.39, 0.29) is 16.8 Å². The number of nitrogens with zero attached hydrogens (tertiary/aromatic N) is 2. The molecule has 0 aliphatic carbocycles. The first-order chi connectivity index (χ1) is 15.5. The van der Waals surface area contributed by atoms with Crippen LogP contribution in [0.2, 0.25) is 0 Å². The van der Waals surface area contributed by atoms with Crippen LogP contribution in [0.5, 0.6) is 5.75 Å². The van der Waals surface area contributed by atoms with Gasteiger partial charge in [-0.1, -0.05) is 42.5 Å². The molecule has 1 amide bonds. The highest BCUT2D eigenvalue weighted by Gasteiger charge is 2.28. The van der Waals surface area contributed by atoms with E-state index in [0.29, 0.717) is 17.0 Å². The summed E-state index contributed by atoms with van der Waals surface area (Å²) in [4.78, 5) is 13.1. The third-order valence-corrected chi connectivity index (χ3v) is 6.82. The van der Waals surface area contributed by atoms with Gasteiger partial charge in [0.2, 0.25) is 15.9 Å². The maximum Gasteiger partial charge on any atom is 0.243 e. The van der Waals surface area contributed by atoms with Crippen molar-refractivity contribution in [3.8, 4) is 5.75 Å². The van der Waals surface area contributed by atoms with Gasteiger partial charge in [-0.05, 0) is 36.2 Å². The Balaban J connectivity index is 1.64. The summed E-state index contributed by atoms with van der Waals surface area (Å²) in [5.41, 5.74) is 2.07. The summed E-state index contributed by atoms with van der Waals surface area (Å²) in [5, 5.41) is 2.77. The Morgan fingerprint density at radius 2 is 1.81 bits per heavy atom. The average Bonchev–Trinajstić information content (AvgIpc) is 3.28. The number of nitrogens with one attached hydrogen (secondary N) is 2. The van der Waals surface area contributed by atoms with Crippen LogP contribution in [-0.2, 0) is 21.2 Å². The van der Waals surface area contributed by atoms with Crippen molar-refractivity contribution in [1.29, 1.82) is 0 Å². The van der Waals surface area contributed by atoms with Gasteiger partial charge in [-0.15, -0.1) is 0 Å². The van der Waals surface area contributed by atoms with Gasteiger partial charge in [-0.2, -0.15) is 13.5 Å². The minimum atomic E-state index is -4.06. The number of anilines is 1. The molecule has 10 heteroatoms. The molecule has 0 fully saturated rings. The highest BCUT2D eigenvalue weighted by atomic mass is 32.2. The number of benzene rings is 3. The van der Waals surface area contributed by atoms with Gasteiger partial charge >= 0.3 is 0 Å². The maximum atomic E-state index is 13.2. The number of rotatable bonds is 8. The standard InChI is InChI=1S/C22H20N4O4S2/c1-30-17-10-5-9-16(14-17)23-22(27)19(13-15-7-3-2-4-8-15)26-32(28,29)20-12-6-11-18-21(20)25-31-24-18/h2-12,14,19,26H,13H2,1H3,(H,23,27)/t19-/m1/s1. The third kappa shape index (κ3) is 4.93. The number of ether oxygens (including phenoxy) is 1. The number of amides is 1. The van der Waals surface area contributed by atoms with Gasteiger partial charge in [0.25, 0.3) is 0 Å². The highest BCUT2D eigenvalue weighted by molar-refractivity contribution is 7.89. The zero-order chi connectivity index (χ0) is 22.6. The number of carbonyl (C=O) groups excluding carboxylic acids is 1. The van der Waals surface area contributed by atoms with Crippen molar-refractivity contribution in [2.24, 2.45) is 0 Å². The van der Waals surface area contributed by atoms with E-state index in [1.807, 2.05) is 30.3 Å². The molecule has 4 aromatic rings. The lowest BCUT2D eigenvalue weighted by molar-refractivity contribution is -0.117. The van der Waals surface area contributed by atoms with E-state index in [4.69, 9.17) is 4.74 Å². The zero-order valence-corrected chi connectivity index (χ0v) is 18.7. The van der Waals surface area contributed by atoms with E-state index >= 15 is 0 Å². The molecule has 0 spiro atoms. The van der Waals surface area contributed by atoms with Crippen molar-refractivity contribution in [3.63, 3.8) is 0 Å². The molecular formula is C22H20N4O4S2. The Hall–Kier alpha value is -3.34. The number of sulfonamides is 1. The molecule has 3 aromatic carbocycles. The smallest absolute Gasteiger partial charge is 0.243 e. The lowest BCUT2D eigenvalue weighted by Crippen LogP contribution is -2.45. The molecule has 0 aliphatic heterocycles. The second kappa shape index (κ2) is 9.43. The van der Waals surface area contributed by atoms with Gasteiger partial charge in [0.15, 0.2) is 0 Å². The van der Waals surface area contributed by atoms with Crippen molar-refractivity contribution in [2.45, 2.75) is 17.4 Å². The molecule has 32 heavy (non-hydrogen) atoms. The topological polar surface area (TPSA) is 110 Å². The first-order valence-corrected chi connectivity index (χ1v) is 11.9. The van der Waals surface area contributed by atoms with Crippen LogP contribution in [0.4, 0.5) is 5.69 Å². The van der Waals surface area contributed by atoms with Crippen LogP contribution in [-0.4, -0.2) is 36.2 Å². The summed E-state index contributed by atoms with van der Waals surface area (Å²) < 4.78 is 42.4. The van der Waals surface area contributed by atoms with E-state index < -0.39 is 22.0 Å². The Morgan fingerprint density at radius 1 is 1.03 bits per heavy atom. The summed E-state index contributed by atoms with van der Waals surface area (Å²) >= 11 is 0.933. The monoisotopic (exact) mass is 468 g/mol. The van der Waals surface area contributed by atoms with Gasteiger partial charge in [-0.3, -0.25) is 4.79 Å². The fourth-order valence-corrected chi connectivity index (χ4v) is 5.18. The normalized spacial score (nSPS) is 12.4. The van der Waals surface area contributed by atoms with Gasteiger partial charge in [0.05, 0.1) is 18.8 Å². The molecule has 1 heterocycles. The van der Waals surface area contributed by atoms with E-state index in [1.54, 1.807) is 36.4 Å². The quantitative estimate of drug-likeness (QED) is 0.411. The number of aromatic nitrogens is 2. The fraction of sp³-hybridized carbons (Fsp3) is 0.136. The maximum absolute atomic E-state index is 13.2. The Labute approximate surface area is 189 Å². The molecule has 0 radical (unpaired) electrons. The Morgan fingerprint density at radius 3 is 2.59 bits per heavy atom. The van der Waals surface area contributed by atoms with Crippen molar-refractivity contribution >= 4 is 44.4 Å². The van der Waals surface area contributed by atoms with Crippen molar-refractivity contribution in [2.75, 3.05) is 12.4 Å². The predicted molar refractivity (Wildman–Crippen MR) is 123 cm³/mol. The van der Waals surface area contributed by atoms with Gasteiger partial charge in [0.1, 0.15) is 27.7 Å². The molecule has 0 saturated heterocycles. The third-order valence-electron chi connectivity index (χ3n) is 4.77. The van der Waals surface area contributed by atoms with Crippen molar-refractivity contribution in [3.05, 3.63) is 78.4 Å². The molecular weight excluding hydrogens is 448 g/mol. The lowest BCUT2D eigenvalue weighted by atomic mass is 10.1. The summed E-state index contributed by atoms with van der Waals surface area (Å²) in [7, 11) is -2.53.